The minimum Gasteiger partial charge on any atom is -0.493 e. The number of amides is 1. The lowest BCUT2D eigenvalue weighted by molar-refractivity contribution is 0.0529. The number of carbonyl (C=O) groups excluding carboxylic acids is 1. The normalized spacial score (nSPS) is 11.4. The summed E-state index contributed by atoms with van der Waals surface area (Å²) in [5.41, 5.74) is 2.49. The third kappa shape index (κ3) is 6.90. The molecule has 6 nitrogen and oxygen atoms in total. The molecule has 1 rings (SSSR count). The summed E-state index contributed by atoms with van der Waals surface area (Å²) in [6.45, 7) is 7.99. The minimum absolute atomic E-state index is 0.565. The maximum absolute atomic E-state index is 11.5. The second-order valence-corrected chi connectivity index (χ2v) is 6.61. The molecule has 0 aromatic heterocycles. The van der Waals surface area contributed by atoms with E-state index in [2.05, 4.69) is 26.5 Å². The molecular weight excluding hydrogens is 364 g/mol. The van der Waals surface area contributed by atoms with Crippen molar-refractivity contribution in [2.24, 2.45) is 5.10 Å². The maximum atomic E-state index is 11.5. The Morgan fingerprint density at radius 3 is 2.65 bits per heavy atom. The number of methoxy groups -OCH3 is 1. The highest BCUT2D eigenvalue weighted by atomic mass is 79.9. The average Bonchev–Trinajstić information content (AvgIpc) is 2.43. The van der Waals surface area contributed by atoms with Crippen LogP contribution in [0.2, 0.25) is 0 Å². The van der Waals surface area contributed by atoms with E-state index >= 15 is 0 Å². The van der Waals surface area contributed by atoms with Crippen LogP contribution in [0, 0.1) is 0 Å². The second-order valence-electron chi connectivity index (χ2n) is 5.75. The van der Waals surface area contributed by atoms with Crippen molar-refractivity contribution in [2.45, 2.75) is 39.7 Å². The lowest BCUT2D eigenvalue weighted by Crippen LogP contribution is -2.29. The molecule has 128 valence electrons. The molecule has 1 aromatic rings. The first-order valence-electron chi connectivity index (χ1n) is 7.29. The fourth-order valence-electron chi connectivity index (χ4n) is 1.62. The van der Waals surface area contributed by atoms with Gasteiger partial charge in [0, 0.05) is 0 Å². The van der Waals surface area contributed by atoms with Gasteiger partial charge >= 0.3 is 6.09 Å². The lowest BCUT2D eigenvalue weighted by atomic mass is 10.2. The van der Waals surface area contributed by atoms with Crippen LogP contribution in [0.3, 0.4) is 0 Å². The highest BCUT2D eigenvalue weighted by molar-refractivity contribution is 9.10. The largest absolute Gasteiger partial charge is 0.493 e. The molecule has 0 bridgehead atoms. The van der Waals surface area contributed by atoms with Crippen molar-refractivity contribution < 1.29 is 19.0 Å². The van der Waals surface area contributed by atoms with E-state index in [9.17, 15) is 4.79 Å². The third-order valence-electron chi connectivity index (χ3n) is 2.47. The van der Waals surface area contributed by atoms with E-state index in [1.807, 2.05) is 13.0 Å². The van der Waals surface area contributed by atoms with Crippen LogP contribution in [0.4, 0.5) is 4.79 Å². The first kappa shape index (κ1) is 19.3. The van der Waals surface area contributed by atoms with Crippen LogP contribution < -0.4 is 14.9 Å². The Kier molecular flexibility index (Phi) is 7.35. The van der Waals surface area contributed by atoms with Gasteiger partial charge in [0.2, 0.25) is 0 Å². The highest BCUT2D eigenvalue weighted by Crippen LogP contribution is 2.36. The summed E-state index contributed by atoms with van der Waals surface area (Å²) in [7, 11) is 1.57. The van der Waals surface area contributed by atoms with Crippen LogP contribution in [0.25, 0.3) is 0 Å². The van der Waals surface area contributed by atoms with E-state index in [4.69, 9.17) is 14.2 Å². The van der Waals surface area contributed by atoms with Crippen LogP contribution in [0.5, 0.6) is 11.5 Å². The molecule has 0 aliphatic heterocycles. The monoisotopic (exact) mass is 386 g/mol. The number of halogens is 1. The zero-order valence-corrected chi connectivity index (χ0v) is 15.7. The minimum atomic E-state index is -0.609. The van der Waals surface area contributed by atoms with E-state index in [-0.39, 0.29) is 0 Å². The van der Waals surface area contributed by atoms with Crippen molar-refractivity contribution in [2.75, 3.05) is 13.7 Å². The Hall–Kier alpha value is -1.76. The fourth-order valence-corrected chi connectivity index (χ4v) is 2.19. The topological polar surface area (TPSA) is 69.2 Å². The van der Waals surface area contributed by atoms with Crippen LogP contribution in [-0.2, 0) is 4.74 Å². The van der Waals surface area contributed by atoms with Gasteiger partial charge in [0.15, 0.2) is 11.5 Å². The van der Waals surface area contributed by atoms with Crippen LogP contribution >= 0.6 is 15.9 Å². The Morgan fingerprint density at radius 1 is 1.39 bits per heavy atom. The number of nitrogens with one attached hydrogen (secondary N) is 1. The highest BCUT2D eigenvalue weighted by Gasteiger charge is 2.15. The maximum Gasteiger partial charge on any atom is 0.428 e. The molecule has 0 unspecified atom stereocenters. The first-order chi connectivity index (χ1) is 10.8. The summed E-state index contributed by atoms with van der Waals surface area (Å²) in [6, 6.07) is 3.60. The molecule has 1 N–H and O–H groups in total. The smallest absolute Gasteiger partial charge is 0.428 e. The summed E-state index contributed by atoms with van der Waals surface area (Å²) in [6.07, 6.45) is 1.79. The average molecular weight is 387 g/mol. The molecule has 23 heavy (non-hydrogen) atoms. The molecule has 0 fully saturated rings. The van der Waals surface area contributed by atoms with E-state index in [1.165, 1.54) is 6.21 Å². The van der Waals surface area contributed by atoms with E-state index in [0.717, 1.165) is 16.5 Å². The van der Waals surface area contributed by atoms with Gasteiger partial charge in [0.1, 0.15) is 5.60 Å². The molecule has 0 saturated carbocycles. The molecular formula is C16H23BrN2O4. The van der Waals surface area contributed by atoms with Crippen molar-refractivity contribution in [1.29, 1.82) is 0 Å². The van der Waals surface area contributed by atoms with Gasteiger partial charge < -0.3 is 14.2 Å². The summed E-state index contributed by atoms with van der Waals surface area (Å²) >= 11 is 3.45. The number of rotatable bonds is 6. The zero-order chi connectivity index (χ0) is 17.5. The van der Waals surface area contributed by atoms with Crippen molar-refractivity contribution in [1.82, 2.24) is 5.43 Å². The molecule has 0 aliphatic rings. The number of nitrogens with zero attached hydrogens (tertiary/aromatic N) is 1. The molecule has 0 radical (unpaired) electrons. The van der Waals surface area contributed by atoms with Crippen LogP contribution in [-0.4, -0.2) is 31.6 Å². The number of carbonyl (C=O) groups is 1. The van der Waals surface area contributed by atoms with Crippen molar-refractivity contribution in [3.8, 4) is 11.5 Å². The van der Waals surface area contributed by atoms with Gasteiger partial charge in [-0.05, 0) is 60.8 Å². The second kappa shape index (κ2) is 8.76. The molecule has 0 atom stereocenters. The van der Waals surface area contributed by atoms with E-state index in [0.29, 0.717) is 18.1 Å². The standard InChI is InChI=1S/C16H23BrN2O4/c1-6-7-22-14-12(17)8-11(9-13(14)21-5)10-18-19-15(20)23-16(2,3)4/h8-10H,6-7H2,1-5H3,(H,19,20)/b18-10+. The van der Waals surface area contributed by atoms with Gasteiger partial charge in [-0.15, -0.1) is 0 Å². The van der Waals surface area contributed by atoms with Gasteiger partial charge in [0.25, 0.3) is 0 Å². The summed E-state index contributed by atoms with van der Waals surface area (Å²) < 4.78 is 16.8. The lowest BCUT2D eigenvalue weighted by Gasteiger charge is -2.18. The van der Waals surface area contributed by atoms with Crippen LogP contribution in [0.15, 0.2) is 21.7 Å². The quantitative estimate of drug-likeness (QED) is 0.589. The zero-order valence-electron chi connectivity index (χ0n) is 14.1. The number of hydrogen-bond donors (Lipinski definition) is 1. The molecule has 7 heteroatoms. The fraction of sp³-hybridized carbons (Fsp3) is 0.500. The van der Waals surface area contributed by atoms with Gasteiger partial charge in [-0.2, -0.15) is 5.10 Å². The number of ether oxygens (including phenoxy) is 3. The Morgan fingerprint density at radius 2 is 2.09 bits per heavy atom. The Bertz CT molecular complexity index is 568. The molecule has 1 amide bonds. The SMILES string of the molecule is CCCOc1c(Br)cc(/C=N/NC(=O)OC(C)(C)C)cc1OC. The number of hydrazone groups is 1. The molecule has 0 saturated heterocycles. The number of benzene rings is 1. The molecule has 0 heterocycles. The van der Waals surface area contributed by atoms with Crippen molar-refractivity contribution in [3.63, 3.8) is 0 Å². The van der Waals surface area contributed by atoms with E-state index in [1.54, 1.807) is 33.9 Å². The van der Waals surface area contributed by atoms with E-state index < -0.39 is 11.7 Å². The van der Waals surface area contributed by atoms with Crippen molar-refractivity contribution in [3.05, 3.63) is 22.2 Å². The van der Waals surface area contributed by atoms with Crippen molar-refractivity contribution >= 4 is 28.2 Å². The Balaban J connectivity index is 2.79. The number of hydrogen-bond acceptors (Lipinski definition) is 5. The van der Waals surface area contributed by atoms with Gasteiger partial charge in [0.05, 0.1) is 24.4 Å². The summed E-state index contributed by atoms with van der Waals surface area (Å²) in [4.78, 5) is 11.5. The molecule has 0 aliphatic carbocycles. The predicted octanol–water partition coefficient (Wildman–Crippen LogP) is 4.11. The molecule has 0 spiro atoms. The van der Waals surface area contributed by atoms with Gasteiger partial charge in [-0.3, -0.25) is 0 Å². The molecule has 1 aromatic carbocycles. The van der Waals surface area contributed by atoms with Gasteiger partial charge in [-0.25, -0.2) is 10.2 Å². The first-order valence-corrected chi connectivity index (χ1v) is 8.08. The third-order valence-corrected chi connectivity index (χ3v) is 3.06. The summed E-state index contributed by atoms with van der Waals surface area (Å²) in [5.74, 6) is 1.23. The Labute approximate surface area is 145 Å². The van der Waals surface area contributed by atoms with Gasteiger partial charge in [-0.1, -0.05) is 6.92 Å². The predicted molar refractivity (Wildman–Crippen MR) is 93.4 cm³/mol. The summed E-state index contributed by atoms with van der Waals surface area (Å²) in [5, 5.41) is 3.87. The van der Waals surface area contributed by atoms with Crippen LogP contribution in [0.1, 0.15) is 39.7 Å².